The third kappa shape index (κ3) is 4.75. The highest BCUT2D eigenvalue weighted by atomic mass is 16.3. The van der Waals surface area contributed by atoms with E-state index < -0.39 is 0 Å². The van der Waals surface area contributed by atoms with Gasteiger partial charge in [-0.3, -0.25) is 0 Å². The molecule has 0 N–H and O–H groups in total. The van der Waals surface area contributed by atoms with E-state index in [9.17, 15) is 0 Å². The monoisotopic (exact) mass is 676 g/mol. The summed E-state index contributed by atoms with van der Waals surface area (Å²) < 4.78 is 8.57. The summed E-state index contributed by atoms with van der Waals surface area (Å²) in [5.41, 5.74) is 11.0. The van der Waals surface area contributed by atoms with Gasteiger partial charge in [0.1, 0.15) is 11.2 Å². The van der Waals surface area contributed by atoms with Crippen LogP contribution in [0.3, 0.4) is 0 Å². The van der Waals surface area contributed by atoms with Crippen LogP contribution in [0.15, 0.2) is 199 Å². The van der Waals surface area contributed by atoms with Gasteiger partial charge in [-0.2, -0.15) is 0 Å². The Balaban J connectivity index is 1.11. The van der Waals surface area contributed by atoms with Crippen LogP contribution >= 0.6 is 0 Å². The molecule has 0 aliphatic rings. The number of furan rings is 1. The van der Waals surface area contributed by atoms with Gasteiger partial charge in [-0.25, -0.2) is 0 Å². The third-order valence-corrected chi connectivity index (χ3v) is 10.7. The van der Waals surface area contributed by atoms with E-state index in [1.165, 1.54) is 54.5 Å². The summed E-state index contributed by atoms with van der Waals surface area (Å²) in [5.74, 6) is 0. The standard InChI is InChI=1S/C50H32N2O/c1-3-13-35-29-38(24-21-33(35)11-1)51(39-25-22-34-12-2-4-14-36(34)30-39)46-18-8-5-15-41(46)37-23-27-48-44(31-37)42-16-6-9-19-47(42)52(48)40-26-28-50-45(32-40)43-17-7-10-20-49(43)53-50/h1-32H. The van der Waals surface area contributed by atoms with Gasteiger partial charge in [0.15, 0.2) is 0 Å². The molecule has 0 amide bonds. The second kappa shape index (κ2) is 11.7. The predicted molar refractivity (Wildman–Crippen MR) is 223 cm³/mol. The van der Waals surface area contributed by atoms with E-state index in [1.807, 2.05) is 12.1 Å². The van der Waals surface area contributed by atoms with Gasteiger partial charge in [0.2, 0.25) is 0 Å². The smallest absolute Gasteiger partial charge is 0.135 e. The summed E-state index contributed by atoms with van der Waals surface area (Å²) in [6, 6.07) is 70.0. The molecule has 0 fully saturated rings. The number of hydrogen-bond donors (Lipinski definition) is 0. The van der Waals surface area contributed by atoms with E-state index in [2.05, 4.69) is 191 Å². The van der Waals surface area contributed by atoms with Gasteiger partial charge in [0.25, 0.3) is 0 Å². The van der Waals surface area contributed by atoms with E-state index >= 15 is 0 Å². The summed E-state index contributed by atoms with van der Waals surface area (Å²) in [6.07, 6.45) is 0. The maximum Gasteiger partial charge on any atom is 0.135 e. The van der Waals surface area contributed by atoms with E-state index in [-0.39, 0.29) is 0 Å². The zero-order valence-corrected chi connectivity index (χ0v) is 28.8. The van der Waals surface area contributed by atoms with Gasteiger partial charge >= 0.3 is 0 Å². The molecule has 0 aliphatic carbocycles. The Hall–Kier alpha value is -7.10. The molecular formula is C50H32N2O. The first-order valence-electron chi connectivity index (χ1n) is 18.1. The highest BCUT2D eigenvalue weighted by molar-refractivity contribution is 6.12. The number of nitrogens with zero attached hydrogens (tertiary/aromatic N) is 2. The van der Waals surface area contributed by atoms with Gasteiger partial charge in [-0.1, -0.05) is 121 Å². The van der Waals surface area contributed by atoms with Gasteiger partial charge in [-0.05, 0) is 99.9 Å². The van der Waals surface area contributed by atoms with Crippen LogP contribution in [0.25, 0.3) is 82.1 Å². The molecule has 0 radical (unpaired) electrons. The Labute approximate surface area is 306 Å². The van der Waals surface area contributed by atoms with E-state index in [0.717, 1.165) is 44.7 Å². The lowest BCUT2D eigenvalue weighted by atomic mass is 9.99. The number of para-hydroxylation sites is 3. The molecule has 0 saturated heterocycles. The van der Waals surface area contributed by atoms with E-state index in [0.29, 0.717) is 0 Å². The molecule has 3 heteroatoms. The molecule has 9 aromatic carbocycles. The maximum absolute atomic E-state index is 6.19. The van der Waals surface area contributed by atoms with Crippen molar-refractivity contribution in [2.24, 2.45) is 0 Å². The minimum absolute atomic E-state index is 0.900. The van der Waals surface area contributed by atoms with Crippen LogP contribution in [-0.4, -0.2) is 4.57 Å². The summed E-state index contributed by atoms with van der Waals surface area (Å²) in [7, 11) is 0. The second-order valence-electron chi connectivity index (χ2n) is 13.8. The Morgan fingerprint density at radius 1 is 0.377 bits per heavy atom. The minimum atomic E-state index is 0.900. The molecule has 11 rings (SSSR count). The first kappa shape index (κ1) is 29.6. The molecule has 0 bridgehead atoms. The Morgan fingerprint density at radius 3 is 1.75 bits per heavy atom. The molecule has 2 aromatic heterocycles. The van der Waals surface area contributed by atoms with Crippen LogP contribution in [0.5, 0.6) is 0 Å². The van der Waals surface area contributed by atoms with Gasteiger partial charge < -0.3 is 13.9 Å². The lowest BCUT2D eigenvalue weighted by Crippen LogP contribution is -2.11. The molecule has 2 heterocycles. The molecule has 0 saturated carbocycles. The molecular weight excluding hydrogens is 645 g/mol. The Bertz CT molecular complexity index is 3120. The minimum Gasteiger partial charge on any atom is -0.456 e. The van der Waals surface area contributed by atoms with Gasteiger partial charge in [-0.15, -0.1) is 0 Å². The molecule has 3 nitrogen and oxygen atoms in total. The van der Waals surface area contributed by atoms with Crippen molar-refractivity contribution in [1.82, 2.24) is 4.57 Å². The molecule has 248 valence electrons. The zero-order chi connectivity index (χ0) is 34.9. The lowest BCUT2D eigenvalue weighted by molar-refractivity contribution is 0.669. The number of anilines is 3. The van der Waals surface area contributed by atoms with Crippen molar-refractivity contribution in [2.45, 2.75) is 0 Å². The first-order valence-corrected chi connectivity index (χ1v) is 18.1. The Kier molecular flexibility index (Phi) is 6.55. The van der Waals surface area contributed by atoms with Gasteiger partial charge in [0, 0.05) is 44.2 Å². The van der Waals surface area contributed by atoms with Crippen LogP contribution in [0, 0.1) is 0 Å². The number of hydrogen-bond acceptors (Lipinski definition) is 2. The summed E-state index contributed by atoms with van der Waals surface area (Å²) >= 11 is 0. The first-order chi connectivity index (χ1) is 26.3. The van der Waals surface area contributed by atoms with Crippen molar-refractivity contribution >= 4 is 82.4 Å². The van der Waals surface area contributed by atoms with Crippen molar-refractivity contribution in [2.75, 3.05) is 4.90 Å². The number of benzene rings is 9. The molecule has 53 heavy (non-hydrogen) atoms. The second-order valence-corrected chi connectivity index (χ2v) is 13.8. The van der Waals surface area contributed by atoms with Crippen LogP contribution in [0.1, 0.15) is 0 Å². The number of rotatable bonds is 5. The average molecular weight is 677 g/mol. The number of aromatic nitrogens is 1. The fraction of sp³-hybridized carbons (Fsp3) is 0. The van der Waals surface area contributed by atoms with E-state index in [1.54, 1.807) is 0 Å². The predicted octanol–water partition coefficient (Wildman–Crippen LogP) is 14.1. The molecule has 0 aliphatic heterocycles. The van der Waals surface area contributed by atoms with Crippen molar-refractivity contribution in [3.8, 4) is 16.8 Å². The molecule has 11 aromatic rings. The van der Waals surface area contributed by atoms with Crippen molar-refractivity contribution in [1.29, 1.82) is 0 Å². The summed E-state index contributed by atoms with van der Waals surface area (Å²) in [6.45, 7) is 0. The fourth-order valence-electron chi connectivity index (χ4n) is 8.24. The third-order valence-electron chi connectivity index (χ3n) is 10.7. The highest BCUT2D eigenvalue weighted by Gasteiger charge is 2.20. The van der Waals surface area contributed by atoms with Crippen molar-refractivity contribution in [3.63, 3.8) is 0 Å². The highest BCUT2D eigenvalue weighted by Crippen LogP contribution is 2.44. The largest absolute Gasteiger partial charge is 0.456 e. The van der Waals surface area contributed by atoms with E-state index in [4.69, 9.17) is 4.42 Å². The fourth-order valence-corrected chi connectivity index (χ4v) is 8.24. The van der Waals surface area contributed by atoms with Crippen LogP contribution in [0.4, 0.5) is 17.1 Å². The Morgan fingerprint density at radius 2 is 0.981 bits per heavy atom. The molecule has 0 spiro atoms. The topological polar surface area (TPSA) is 21.3 Å². The number of fused-ring (bicyclic) bond motifs is 8. The quantitative estimate of drug-likeness (QED) is 0.181. The van der Waals surface area contributed by atoms with Crippen LogP contribution in [0.2, 0.25) is 0 Å². The molecule has 0 atom stereocenters. The molecule has 0 unspecified atom stereocenters. The van der Waals surface area contributed by atoms with Crippen LogP contribution in [-0.2, 0) is 0 Å². The average Bonchev–Trinajstić information content (AvgIpc) is 3.76. The summed E-state index contributed by atoms with van der Waals surface area (Å²) in [5, 5.41) is 9.57. The lowest BCUT2D eigenvalue weighted by Gasteiger charge is -2.28. The maximum atomic E-state index is 6.19. The normalized spacial score (nSPS) is 11.8. The summed E-state index contributed by atoms with van der Waals surface area (Å²) in [4.78, 5) is 2.41. The van der Waals surface area contributed by atoms with Crippen molar-refractivity contribution in [3.05, 3.63) is 194 Å². The van der Waals surface area contributed by atoms with Crippen LogP contribution < -0.4 is 4.90 Å². The van der Waals surface area contributed by atoms with Gasteiger partial charge in [0.05, 0.1) is 16.7 Å². The van der Waals surface area contributed by atoms with Crippen molar-refractivity contribution < 1.29 is 4.42 Å². The SMILES string of the molecule is c1ccc(N(c2ccc3ccccc3c2)c2ccc3ccccc3c2)c(-c2ccc3c(c2)c2ccccc2n3-c2ccc3oc4ccccc4c3c2)c1. The zero-order valence-electron chi connectivity index (χ0n) is 28.8.